The smallest absolute Gasteiger partial charge is 0.160 e. The highest BCUT2D eigenvalue weighted by molar-refractivity contribution is 7.25. The maximum atomic E-state index is 5.22. The average Bonchev–Trinajstić information content (AvgIpc) is 3.65. The van der Waals surface area contributed by atoms with Crippen LogP contribution in [0.1, 0.15) is 0 Å². The van der Waals surface area contributed by atoms with Crippen LogP contribution < -0.4 is 0 Å². The summed E-state index contributed by atoms with van der Waals surface area (Å²) in [6, 6.07) is 69.7. The molecule has 0 amide bonds. The second-order valence-electron chi connectivity index (χ2n) is 14.1. The van der Waals surface area contributed by atoms with Crippen LogP contribution in [-0.2, 0) is 0 Å². The maximum absolute atomic E-state index is 5.22. The second-order valence-corrected chi connectivity index (χ2v) is 15.2. The first kappa shape index (κ1) is 31.6. The Morgan fingerprint density at radius 2 is 0.673 bits per heavy atom. The van der Waals surface area contributed by atoms with Gasteiger partial charge in [0.05, 0.1) is 11.4 Å². The lowest BCUT2D eigenvalue weighted by Crippen LogP contribution is -1.96. The Morgan fingerprint density at radius 3 is 1.31 bits per heavy atom. The van der Waals surface area contributed by atoms with Crippen molar-refractivity contribution in [3.05, 3.63) is 194 Å². The lowest BCUT2D eigenvalue weighted by atomic mass is 9.93. The summed E-state index contributed by atoms with van der Waals surface area (Å²) >= 11 is 1.86. The lowest BCUT2D eigenvalue weighted by Gasteiger charge is -2.13. The van der Waals surface area contributed by atoms with Crippen LogP contribution in [0.3, 0.4) is 0 Å². The summed E-state index contributed by atoms with van der Waals surface area (Å²) < 4.78 is 2.66. The summed E-state index contributed by atoms with van der Waals surface area (Å²) in [5, 5.41) is 10.1. The number of rotatable bonds is 5. The van der Waals surface area contributed by atoms with Gasteiger partial charge in [-0.15, -0.1) is 11.3 Å². The van der Waals surface area contributed by atoms with Crippen LogP contribution in [0.25, 0.3) is 109 Å². The molecule has 0 fully saturated rings. The topological polar surface area (TPSA) is 25.8 Å². The first-order valence-corrected chi connectivity index (χ1v) is 19.5. The van der Waals surface area contributed by atoms with Crippen LogP contribution in [0.2, 0.25) is 0 Å². The van der Waals surface area contributed by atoms with E-state index in [0.29, 0.717) is 5.82 Å². The van der Waals surface area contributed by atoms with Crippen molar-refractivity contribution in [2.24, 2.45) is 0 Å². The Morgan fingerprint density at radius 1 is 0.255 bits per heavy atom. The summed E-state index contributed by atoms with van der Waals surface area (Å²) in [6.07, 6.45) is 0. The van der Waals surface area contributed by atoms with Crippen molar-refractivity contribution in [3.8, 4) is 56.2 Å². The molecule has 0 N–H and O–H groups in total. The summed E-state index contributed by atoms with van der Waals surface area (Å²) in [4.78, 5) is 10.4. The number of nitrogens with zero attached hydrogens (tertiary/aromatic N) is 2. The molecule has 256 valence electrons. The Balaban J connectivity index is 0.962. The molecule has 0 bridgehead atoms. The zero-order valence-electron chi connectivity index (χ0n) is 29.8. The van der Waals surface area contributed by atoms with Crippen LogP contribution in [0.4, 0.5) is 0 Å². The normalized spacial score (nSPS) is 11.6. The van der Waals surface area contributed by atoms with E-state index >= 15 is 0 Å². The minimum absolute atomic E-state index is 0.712. The molecule has 0 unspecified atom stereocenters. The van der Waals surface area contributed by atoms with Crippen molar-refractivity contribution >= 4 is 63.8 Å². The van der Waals surface area contributed by atoms with Gasteiger partial charge in [0.15, 0.2) is 5.82 Å². The maximum Gasteiger partial charge on any atom is 0.160 e. The third-order valence-electron chi connectivity index (χ3n) is 10.9. The van der Waals surface area contributed by atoms with Gasteiger partial charge >= 0.3 is 0 Å². The summed E-state index contributed by atoms with van der Waals surface area (Å²) in [5.41, 5.74) is 9.71. The van der Waals surface area contributed by atoms with E-state index in [2.05, 4.69) is 188 Å². The van der Waals surface area contributed by atoms with Gasteiger partial charge in [-0.3, -0.25) is 0 Å². The molecule has 0 aliphatic carbocycles. The highest BCUT2D eigenvalue weighted by atomic mass is 32.1. The van der Waals surface area contributed by atoms with Crippen molar-refractivity contribution in [2.75, 3.05) is 0 Å². The van der Waals surface area contributed by atoms with Crippen LogP contribution in [0.15, 0.2) is 194 Å². The van der Waals surface area contributed by atoms with Gasteiger partial charge in [0.2, 0.25) is 0 Å². The number of aromatic nitrogens is 2. The van der Waals surface area contributed by atoms with E-state index in [1.807, 2.05) is 17.4 Å². The van der Waals surface area contributed by atoms with Gasteiger partial charge in [-0.05, 0) is 84.9 Å². The van der Waals surface area contributed by atoms with Crippen LogP contribution in [0.5, 0.6) is 0 Å². The van der Waals surface area contributed by atoms with Crippen LogP contribution in [0, 0.1) is 0 Å². The molecule has 0 aliphatic heterocycles. The molecule has 0 spiro atoms. The highest BCUT2D eigenvalue weighted by Crippen LogP contribution is 2.39. The van der Waals surface area contributed by atoms with E-state index < -0.39 is 0 Å². The van der Waals surface area contributed by atoms with E-state index in [1.165, 1.54) is 74.7 Å². The monoisotopic (exact) mass is 716 g/mol. The van der Waals surface area contributed by atoms with E-state index in [0.717, 1.165) is 28.1 Å². The molecule has 0 saturated heterocycles. The Bertz CT molecular complexity index is 3200. The van der Waals surface area contributed by atoms with Gasteiger partial charge in [0, 0.05) is 36.9 Å². The molecule has 2 nitrogen and oxygen atoms in total. The zero-order valence-corrected chi connectivity index (χ0v) is 30.6. The third-order valence-corrected chi connectivity index (χ3v) is 12.1. The SMILES string of the molecule is c1ccc(-c2cc(-c3ccc(-c4ccc(-c5ccc6sc7ccccc7c6c5)cc4)cc3)nc(-c3ccc4c5ccccc5c5ccccc5c4c3)n2)cc1. The average molecular weight is 717 g/mol. The highest BCUT2D eigenvalue weighted by Gasteiger charge is 2.14. The Kier molecular flexibility index (Phi) is 7.39. The minimum atomic E-state index is 0.712. The Labute approximate surface area is 322 Å². The first-order chi connectivity index (χ1) is 27.2. The van der Waals surface area contributed by atoms with E-state index in [1.54, 1.807) is 0 Å². The number of hydrogen-bond donors (Lipinski definition) is 0. The fourth-order valence-electron chi connectivity index (χ4n) is 8.12. The van der Waals surface area contributed by atoms with E-state index in [9.17, 15) is 0 Å². The molecule has 0 saturated carbocycles. The summed E-state index contributed by atoms with van der Waals surface area (Å²) in [6.45, 7) is 0. The zero-order chi connectivity index (χ0) is 36.3. The first-order valence-electron chi connectivity index (χ1n) is 18.6. The molecular formula is C52H32N2S. The fraction of sp³-hybridized carbons (Fsp3) is 0. The third kappa shape index (κ3) is 5.48. The lowest BCUT2D eigenvalue weighted by molar-refractivity contribution is 1.18. The van der Waals surface area contributed by atoms with Crippen molar-refractivity contribution in [3.63, 3.8) is 0 Å². The Hall–Kier alpha value is -6.94. The molecule has 2 aromatic heterocycles. The van der Waals surface area contributed by atoms with Crippen molar-refractivity contribution in [2.45, 2.75) is 0 Å². The van der Waals surface area contributed by atoms with Gasteiger partial charge < -0.3 is 0 Å². The van der Waals surface area contributed by atoms with Gasteiger partial charge in [-0.25, -0.2) is 9.97 Å². The summed E-state index contributed by atoms with van der Waals surface area (Å²) in [5.74, 6) is 0.712. The molecule has 11 rings (SSSR count). The molecule has 9 aromatic carbocycles. The van der Waals surface area contributed by atoms with Gasteiger partial charge in [0.25, 0.3) is 0 Å². The fourth-order valence-corrected chi connectivity index (χ4v) is 9.21. The molecule has 2 heterocycles. The van der Waals surface area contributed by atoms with Crippen molar-refractivity contribution in [1.82, 2.24) is 9.97 Å². The second kappa shape index (κ2) is 12.9. The number of hydrogen-bond acceptors (Lipinski definition) is 3. The molecule has 3 heteroatoms. The molecule has 11 aromatic rings. The molecular weight excluding hydrogens is 685 g/mol. The molecule has 0 aliphatic rings. The quantitative estimate of drug-likeness (QED) is 0.166. The minimum Gasteiger partial charge on any atom is -0.228 e. The predicted molar refractivity (Wildman–Crippen MR) is 235 cm³/mol. The molecule has 0 radical (unpaired) electrons. The van der Waals surface area contributed by atoms with E-state index in [4.69, 9.17) is 9.97 Å². The standard InChI is InChI=1S/C52H32N2S/c1-2-10-36(11-3-1)48-32-49(54-52(53-48)39-26-28-44-42-14-5-4-12-40(42)41-13-6-7-15-43(41)46(44)31-39)37-24-22-34(23-25-37)33-18-20-35(21-19-33)38-27-29-51-47(30-38)45-16-8-9-17-50(45)55-51/h1-32H. The van der Waals surface area contributed by atoms with Crippen molar-refractivity contribution in [1.29, 1.82) is 0 Å². The van der Waals surface area contributed by atoms with Crippen LogP contribution >= 0.6 is 11.3 Å². The predicted octanol–water partition coefficient (Wildman–Crippen LogP) is 14.6. The van der Waals surface area contributed by atoms with Gasteiger partial charge in [-0.2, -0.15) is 0 Å². The van der Waals surface area contributed by atoms with E-state index in [-0.39, 0.29) is 0 Å². The number of fused-ring (bicyclic) bond motifs is 9. The summed E-state index contributed by atoms with van der Waals surface area (Å²) in [7, 11) is 0. The van der Waals surface area contributed by atoms with Gasteiger partial charge in [-0.1, -0.05) is 164 Å². The number of thiophene rings is 1. The molecule has 0 atom stereocenters. The van der Waals surface area contributed by atoms with Crippen LogP contribution in [-0.4, -0.2) is 9.97 Å². The van der Waals surface area contributed by atoms with Gasteiger partial charge in [0.1, 0.15) is 0 Å². The van der Waals surface area contributed by atoms with Crippen molar-refractivity contribution < 1.29 is 0 Å². The number of benzene rings is 9. The largest absolute Gasteiger partial charge is 0.228 e. The molecule has 55 heavy (non-hydrogen) atoms.